The molecule has 0 amide bonds. The van der Waals surface area contributed by atoms with Gasteiger partial charge in [0.1, 0.15) is 17.3 Å². The van der Waals surface area contributed by atoms with Gasteiger partial charge in [-0.1, -0.05) is 6.07 Å². The lowest BCUT2D eigenvalue weighted by atomic mass is 10.0. The van der Waals surface area contributed by atoms with Crippen LogP contribution in [0.15, 0.2) is 66.7 Å². The zero-order chi connectivity index (χ0) is 17.8. The molecule has 0 N–H and O–H groups in total. The average Bonchev–Trinajstić information content (AvgIpc) is 2.62. The van der Waals surface area contributed by atoms with Crippen LogP contribution in [0.5, 0.6) is 5.75 Å². The second-order valence-corrected chi connectivity index (χ2v) is 5.41. The summed E-state index contributed by atoms with van der Waals surface area (Å²) in [4.78, 5) is 28.5. The molecule has 3 rings (SSSR count). The van der Waals surface area contributed by atoms with Gasteiger partial charge in [0, 0.05) is 16.8 Å². The first-order valence-electron chi connectivity index (χ1n) is 7.59. The van der Waals surface area contributed by atoms with Crippen LogP contribution in [0.3, 0.4) is 0 Å². The summed E-state index contributed by atoms with van der Waals surface area (Å²) in [5, 5.41) is 0. The Morgan fingerprint density at radius 1 is 0.880 bits per heavy atom. The van der Waals surface area contributed by atoms with Crippen molar-refractivity contribution in [2.24, 2.45) is 0 Å². The molecular formula is C20H14FNO3. The minimum absolute atomic E-state index is 0.214. The van der Waals surface area contributed by atoms with Crippen LogP contribution in [0.25, 0.3) is 0 Å². The number of hydrogen-bond acceptors (Lipinski definition) is 4. The number of aromatic nitrogens is 1. The summed E-state index contributed by atoms with van der Waals surface area (Å²) in [6.45, 7) is 1.78. The number of carbonyl (C=O) groups is 2. The quantitative estimate of drug-likeness (QED) is 0.411. The summed E-state index contributed by atoms with van der Waals surface area (Å²) < 4.78 is 18.2. The van der Waals surface area contributed by atoms with E-state index in [9.17, 15) is 14.0 Å². The van der Waals surface area contributed by atoms with E-state index in [2.05, 4.69) is 4.98 Å². The minimum atomic E-state index is -0.568. The van der Waals surface area contributed by atoms with E-state index in [1.807, 2.05) is 0 Å². The van der Waals surface area contributed by atoms with Crippen LogP contribution in [0.2, 0.25) is 0 Å². The van der Waals surface area contributed by atoms with Crippen molar-refractivity contribution in [3.05, 3.63) is 95.1 Å². The van der Waals surface area contributed by atoms with Crippen LogP contribution < -0.4 is 4.74 Å². The van der Waals surface area contributed by atoms with E-state index in [1.165, 1.54) is 36.4 Å². The summed E-state index contributed by atoms with van der Waals surface area (Å²) in [5.74, 6) is -0.896. The lowest BCUT2D eigenvalue weighted by molar-refractivity contribution is 0.0728. The number of benzene rings is 2. The summed E-state index contributed by atoms with van der Waals surface area (Å²) >= 11 is 0. The van der Waals surface area contributed by atoms with Crippen molar-refractivity contribution in [3.63, 3.8) is 0 Å². The maximum absolute atomic E-state index is 12.9. The van der Waals surface area contributed by atoms with E-state index in [0.29, 0.717) is 16.9 Å². The monoisotopic (exact) mass is 335 g/mol. The van der Waals surface area contributed by atoms with Gasteiger partial charge in [0.15, 0.2) is 5.78 Å². The van der Waals surface area contributed by atoms with E-state index < -0.39 is 11.8 Å². The molecule has 25 heavy (non-hydrogen) atoms. The molecule has 1 aromatic heterocycles. The van der Waals surface area contributed by atoms with Gasteiger partial charge < -0.3 is 4.74 Å². The molecule has 0 spiro atoms. The van der Waals surface area contributed by atoms with Crippen LogP contribution in [0, 0.1) is 12.7 Å². The molecule has 0 bridgehead atoms. The van der Waals surface area contributed by atoms with Crippen molar-refractivity contribution in [1.29, 1.82) is 0 Å². The highest BCUT2D eigenvalue weighted by molar-refractivity contribution is 6.09. The third kappa shape index (κ3) is 3.95. The standard InChI is InChI=1S/C20H14FNO3/c1-13-3-2-4-18(22-13)20(24)25-17-11-7-15(8-12-17)19(23)14-5-9-16(21)10-6-14/h2-12H,1H3. The zero-order valence-electron chi connectivity index (χ0n) is 13.4. The Hall–Kier alpha value is -3.34. The predicted octanol–water partition coefficient (Wildman–Crippen LogP) is 3.98. The molecule has 0 unspecified atom stereocenters. The Morgan fingerprint density at radius 2 is 1.48 bits per heavy atom. The van der Waals surface area contributed by atoms with Gasteiger partial charge in [-0.3, -0.25) is 4.79 Å². The van der Waals surface area contributed by atoms with E-state index in [0.717, 1.165) is 5.69 Å². The fraction of sp³-hybridized carbons (Fsp3) is 0.0500. The molecule has 124 valence electrons. The Morgan fingerprint density at radius 3 is 2.08 bits per heavy atom. The lowest BCUT2D eigenvalue weighted by Gasteiger charge is -2.06. The van der Waals surface area contributed by atoms with Crippen LogP contribution in [0.4, 0.5) is 4.39 Å². The maximum atomic E-state index is 12.9. The molecule has 0 aliphatic rings. The number of halogens is 1. The molecule has 3 aromatic rings. The molecule has 0 radical (unpaired) electrons. The Balaban J connectivity index is 1.73. The van der Waals surface area contributed by atoms with E-state index in [4.69, 9.17) is 4.74 Å². The second-order valence-electron chi connectivity index (χ2n) is 5.41. The molecule has 0 fully saturated rings. The molecule has 0 atom stereocenters. The molecule has 0 aliphatic heterocycles. The molecule has 1 heterocycles. The fourth-order valence-corrected chi connectivity index (χ4v) is 2.26. The number of pyridine rings is 1. The van der Waals surface area contributed by atoms with Crippen molar-refractivity contribution >= 4 is 11.8 Å². The van der Waals surface area contributed by atoms with Gasteiger partial charge in [0.2, 0.25) is 0 Å². The van der Waals surface area contributed by atoms with Crippen LogP contribution in [0.1, 0.15) is 32.1 Å². The van der Waals surface area contributed by atoms with Crippen molar-refractivity contribution in [1.82, 2.24) is 4.98 Å². The predicted molar refractivity (Wildman–Crippen MR) is 90.2 cm³/mol. The topological polar surface area (TPSA) is 56.3 Å². The van der Waals surface area contributed by atoms with Gasteiger partial charge >= 0.3 is 5.97 Å². The van der Waals surface area contributed by atoms with Gasteiger partial charge in [-0.25, -0.2) is 14.2 Å². The normalized spacial score (nSPS) is 10.3. The molecule has 0 saturated carbocycles. The minimum Gasteiger partial charge on any atom is -0.422 e. The summed E-state index contributed by atoms with van der Waals surface area (Å²) in [7, 11) is 0. The van der Waals surface area contributed by atoms with Crippen molar-refractivity contribution < 1.29 is 18.7 Å². The Labute approximate surface area is 143 Å². The largest absolute Gasteiger partial charge is 0.422 e. The maximum Gasteiger partial charge on any atom is 0.362 e. The number of hydrogen-bond donors (Lipinski definition) is 0. The number of nitrogens with zero attached hydrogens (tertiary/aromatic N) is 1. The van der Waals surface area contributed by atoms with Crippen LogP contribution in [-0.4, -0.2) is 16.7 Å². The Kier molecular flexibility index (Phi) is 4.66. The summed E-state index contributed by atoms with van der Waals surface area (Å²) in [6.07, 6.45) is 0. The lowest BCUT2D eigenvalue weighted by Crippen LogP contribution is -2.11. The van der Waals surface area contributed by atoms with Gasteiger partial charge in [-0.05, 0) is 67.6 Å². The zero-order valence-corrected chi connectivity index (χ0v) is 13.4. The Bertz CT molecular complexity index is 918. The number of carbonyl (C=O) groups excluding carboxylic acids is 2. The van der Waals surface area contributed by atoms with E-state index in [-0.39, 0.29) is 11.5 Å². The summed E-state index contributed by atoms with van der Waals surface area (Å²) in [5.41, 5.74) is 1.73. The number of ether oxygens (including phenoxy) is 1. The molecule has 2 aromatic carbocycles. The number of esters is 1. The smallest absolute Gasteiger partial charge is 0.362 e. The average molecular weight is 335 g/mol. The molecular weight excluding hydrogens is 321 g/mol. The number of ketones is 1. The molecule has 0 saturated heterocycles. The van der Waals surface area contributed by atoms with Crippen molar-refractivity contribution in [2.45, 2.75) is 6.92 Å². The summed E-state index contributed by atoms with van der Waals surface area (Å²) in [6, 6.07) is 16.6. The van der Waals surface area contributed by atoms with Gasteiger partial charge in [-0.2, -0.15) is 0 Å². The molecule has 5 heteroatoms. The van der Waals surface area contributed by atoms with Crippen LogP contribution in [-0.2, 0) is 0 Å². The SMILES string of the molecule is Cc1cccc(C(=O)Oc2ccc(C(=O)c3ccc(F)cc3)cc2)n1. The van der Waals surface area contributed by atoms with Crippen LogP contribution >= 0.6 is 0 Å². The second kappa shape index (κ2) is 7.05. The van der Waals surface area contributed by atoms with Gasteiger partial charge in [0.25, 0.3) is 0 Å². The first-order valence-corrected chi connectivity index (χ1v) is 7.59. The number of aryl methyl sites for hydroxylation is 1. The van der Waals surface area contributed by atoms with E-state index in [1.54, 1.807) is 37.3 Å². The third-order valence-corrected chi connectivity index (χ3v) is 3.53. The van der Waals surface area contributed by atoms with Crippen molar-refractivity contribution in [2.75, 3.05) is 0 Å². The fourth-order valence-electron chi connectivity index (χ4n) is 2.26. The molecule has 4 nitrogen and oxygen atoms in total. The number of rotatable bonds is 4. The van der Waals surface area contributed by atoms with Gasteiger partial charge in [-0.15, -0.1) is 0 Å². The van der Waals surface area contributed by atoms with E-state index >= 15 is 0 Å². The van der Waals surface area contributed by atoms with Gasteiger partial charge in [0.05, 0.1) is 0 Å². The van der Waals surface area contributed by atoms with Crippen molar-refractivity contribution in [3.8, 4) is 5.75 Å². The first-order chi connectivity index (χ1) is 12.0. The molecule has 0 aliphatic carbocycles. The first kappa shape index (κ1) is 16.5. The highest BCUT2D eigenvalue weighted by Gasteiger charge is 2.12. The third-order valence-electron chi connectivity index (χ3n) is 3.53. The highest BCUT2D eigenvalue weighted by Crippen LogP contribution is 2.17. The highest BCUT2D eigenvalue weighted by atomic mass is 19.1.